The molecule has 0 bridgehead atoms. The summed E-state index contributed by atoms with van der Waals surface area (Å²) in [6.07, 6.45) is 1.19. The average molecular weight is 330 g/mol. The van der Waals surface area contributed by atoms with Gasteiger partial charge in [-0.1, -0.05) is 12.1 Å². The number of aldehydes is 1. The van der Waals surface area contributed by atoms with E-state index >= 15 is 0 Å². The predicted octanol–water partition coefficient (Wildman–Crippen LogP) is 1.72. The van der Waals surface area contributed by atoms with Gasteiger partial charge in [0.2, 0.25) is 11.2 Å². The quantitative estimate of drug-likeness (QED) is 0.270. The Balaban J connectivity index is 2.80. The molecule has 2 aromatic rings. The topological polar surface area (TPSA) is 99.9 Å². The van der Waals surface area contributed by atoms with Crippen molar-refractivity contribution < 1.29 is 28.3 Å². The minimum atomic E-state index is -0.938. The Kier molecular flexibility index (Phi) is 5.26. The van der Waals surface area contributed by atoms with Crippen LogP contribution in [0.4, 0.5) is 0 Å². The van der Waals surface area contributed by atoms with Crippen LogP contribution in [0.2, 0.25) is 0 Å². The highest BCUT2D eigenvalue weighted by Gasteiger charge is 2.22. The van der Waals surface area contributed by atoms with E-state index in [-0.39, 0.29) is 35.2 Å². The molecule has 124 valence electrons. The molecule has 1 aromatic heterocycles. The Morgan fingerprint density at radius 2 is 1.96 bits per heavy atom. The van der Waals surface area contributed by atoms with Crippen LogP contribution in [-0.4, -0.2) is 31.9 Å². The molecule has 1 heterocycles. The van der Waals surface area contributed by atoms with Crippen LogP contribution in [0.15, 0.2) is 39.1 Å². The van der Waals surface area contributed by atoms with Crippen LogP contribution in [0, 0.1) is 0 Å². The van der Waals surface area contributed by atoms with Crippen molar-refractivity contribution in [2.24, 2.45) is 0 Å². The lowest BCUT2D eigenvalue weighted by atomic mass is 10.1. The zero-order valence-corrected chi connectivity index (χ0v) is 13.0. The van der Waals surface area contributed by atoms with Crippen LogP contribution in [0.1, 0.15) is 23.0 Å². The maximum Gasteiger partial charge on any atom is 0.375 e. The summed E-state index contributed by atoms with van der Waals surface area (Å²) in [6, 6.07) is 6.29. The molecule has 7 heteroatoms. The van der Waals surface area contributed by atoms with Gasteiger partial charge in [-0.15, -0.1) is 0 Å². The third kappa shape index (κ3) is 3.24. The summed E-state index contributed by atoms with van der Waals surface area (Å²) in [7, 11) is 1.09. The third-order valence-corrected chi connectivity index (χ3v) is 3.14. The number of fused-ring (bicyclic) bond motifs is 1. The van der Waals surface area contributed by atoms with Crippen molar-refractivity contribution in [3.05, 3.63) is 51.4 Å². The van der Waals surface area contributed by atoms with Gasteiger partial charge >= 0.3 is 11.9 Å². The molecule has 0 saturated carbocycles. The maximum atomic E-state index is 12.6. The van der Waals surface area contributed by atoms with Crippen LogP contribution in [-0.2, 0) is 19.1 Å². The Bertz CT molecular complexity index is 889. The zero-order chi connectivity index (χ0) is 17.7. The number of rotatable bonds is 5. The number of methoxy groups -OCH3 is 1. The van der Waals surface area contributed by atoms with E-state index in [0.717, 1.165) is 13.2 Å². The molecule has 0 N–H and O–H groups in total. The first-order chi connectivity index (χ1) is 11.5. The molecule has 0 amide bonds. The lowest BCUT2D eigenvalue weighted by Crippen LogP contribution is -2.16. The first kappa shape index (κ1) is 17.1. The number of carbonyl (C=O) groups excluding carboxylic acids is 3. The number of hydrogen-bond donors (Lipinski definition) is 0. The summed E-state index contributed by atoms with van der Waals surface area (Å²) >= 11 is 0. The van der Waals surface area contributed by atoms with Crippen LogP contribution < -0.4 is 5.43 Å². The number of benzene rings is 1. The molecule has 0 aliphatic carbocycles. The molecule has 2 rings (SSSR count). The lowest BCUT2D eigenvalue weighted by Gasteiger charge is -2.07. The summed E-state index contributed by atoms with van der Waals surface area (Å²) in [5.74, 6) is -2.20. The van der Waals surface area contributed by atoms with E-state index in [0.29, 0.717) is 0 Å². The van der Waals surface area contributed by atoms with E-state index < -0.39 is 22.9 Å². The van der Waals surface area contributed by atoms with Crippen molar-refractivity contribution >= 4 is 35.3 Å². The standard InChI is InChI=1S/C17H14O7/c1-3-23-17(21)15-12(8-10(9-18)16(20)22-2)14(19)11-6-4-5-7-13(11)24-15/h4-9H,3H2,1-2H3/b10-8+. The van der Waals surface area contributed by atoms with Crippen LogP contribution in [0.3, 0.4) is 0 Å². The average Bonchev–Trinajstić information content (AvgIpc) is 2.60. The van der Waals surface area contributed by atoms with Crippen molar-refractivity contribution in [3.8, 4) is 0 Å². The maximum absolute atomic E-state index is 12.6. The molecule has 0 atom stereocenters. The molecule has 0 radical (unpaired) electrons. The number of esters is 2. The fourth-order valence-corrected chi connectivity index (χ4v) is 2.05. The summed E-state index contributed by atoms with van der Waals surface area (Å²) < 4.78 is 14.8. The summed E-state index contributed by atoms with van der Waals surface area (Å²) in [6.45, 7) is 1.66. The minimum Gasteiger partial charge on any atom is -0.465 e. The van der Waals surface area contributed by atoms with E-state index in [1.165, 1.54) is 12.1 Å². The molecule has 0 aliphatic heterocycles. The predicted molar refractivity (Wildman–Crippen MR) is 84.5 cm³/mol. The second-order valence-corrected chi connectivity index (χ2v) is 4.60. The van der Waals surface area contributed by atoms with Gasteiger partial charge in [0.1, 0.15) is 11.2 Å². The smallest absolute Gasteiger partial charge is 0.375 e. The van der Waals surface area contributed by atoms with Crippen LogP contribution in [0.25, 0.3) is 17.0 Å². The van der Waals surface area contributed by atoms with Gasteiger partial charge in [-0.05, 0) is 25.1 Å². The van der Waals surface area contributed by atoms with Gasteiger partial charge in [-0.2, -0.15) is 0 Å². The van der Waals surface area contributed by atoms with Gasteiger partial charge in [-0.3, -0.25) is 9.59 Å². The van der Waals surface area contributed by atoms with E-state index in [2.05, 4.69) is 4.74 Å². The molecule has 0 unspecified atom stereocenters. The number of carbonyl (C=O) groups is 3. The molecule has 24 heavy (non-hydrogen) atoms. The monoisotopic (exact) mass is 330 g/mol. The summed E-state index contributed by atoms with van der Waals surface area (Å²) in [5, 5.41) is 0.201. The minimum absolute atomic E-state index is 0.0655. The molecule has 1 aromatic carbocycles. The first-order valence-corrected chi connectivity index (χ1v) is 7.01. The molecule has 0 fully saturated rings. The Morgan fingerprint density at radius 3 is 2.58 bits per heavy atom. The van der Waals surface area contributed by atoms with Crippen molar-refractivity contribution in [1.82, 2.24) is 0 Å². The Labute approximate surface area is 136 Å². The molecular weight excluding hydrogens is 316 g/mol. The van der Waals surface area contributed by atoms with Crippen molar-refractivity contribution in [3.63, 3.8) is 0 Å². The van der Waals surface area contributed by atoms with Gasteiger partial charge in [0.05, 0.1) is 24.7 Å². The molecule has 0 spiro atoms. The molecular formula is C17H14O7. The van der Waals surface area contributed by atoms with Crippen LogP contribution >= 0.6 is 0 Å². The second-order valence-electron chi connectivity index (χ2n) is 4.60. The van der Waals surface area contributed by atoms with E-state index in [1.807, 2.05) is 0 Å². The largest absolute Gasteiger partial charge is 0.465 e. The van der Waals surface area contributed by atoms with Crippen LogP contribution in [0.5, 0.6) is 0 Å². The highest BCUT2D eigenvalue weighted by molar-refractivity contribution is 6.12. The van der Waals surface area contributed by atoms with E-state index in [4.69, 9.17) is 9.15 Å². The lowest BCUT2D eigenvalue weighted by molar-refractivity contribution is -0.136. The highest BCUT2D eigenvalue weighted by atomic mass is 16.5. The van der Waals surface area contributed by atoms with E-state index in [1.54, 1.807) is 19.1 Å². The fourth-order valence-electron chi connectivity index (χ4n) is 2.05. The fraction of sp³-hybridized carbons (Fsp3) is 0.176. The first-order valence-electron chi connectivity index (χ1n) is 7.01. The highest BCUT2D eigenvalue weighted by Crippen LogP contribution is 2.19. The summed E-state index contributed by atoms with van der Waals surface area (Å²) in [5.41, 5.74) is -1.05. The van der Waals surface area contributed by atoms with Gasteiger partial charge in [-0.25, -0.2) is 9.59 Å². The normalized spacial score (nSPS) is 11.2. The van der Waals surface area contributed by atoms with Gasteiger partial charge in [0.25, 0.3) is 0 Å². The zero-order valence-electron chi connectivity index (χ0n) is 13.0. The van der Waals surface area contributed by atoms with Gasteiger partial charge < -0.3 is 13.9 Å². The van der Waals surface area contributed by atoms with Gasteiger partial charge in [0, 0.05) is 0 Å². The van der Waals surface area contributed by atoms with Crippen molar-refractivity contribution in [1.29, 1.82) is 0 Å². The molecule has 7 nitrogen and oxygen atoms in total. The number of hydrogen-bond acceptors (Lipinski definition) is 7. The Hall–Kier alpha value is -3.22. The third-order valence-electron chi connectivity index (χ3n) is 3.14. The molecule has 0 saturated heterocycles. The Morgan fingerprint density at radius 1 is 1.25 bits per heavy atom. The number of ether oxygens (including phenoxy) is 2. The summed E-state index contributed by atoms with van der Waals surface area (Å²) in [4.78, 5) is 47.4. The SMILES string of the molecule is CCOC(=O)c1oc2ccccc2c(=O)c1/C=C(\C=O)C(=O)OC. The number of para-hydroxylation sites is 1. The van der Waals surface area contributed by atoms with Gasteiger partial charge in [0.15, 0.2) is 6.29 Å². The second kappa shape index (κ2) is 7.36. The molecule has 0 aliphatic rings. The van der Waals surface area contributed by atoms with E-state index in [9.17, 15) is 19.2 Å². The van der Waals surface area contributed by atoms with Crippen molar-refractivity contribution in [2.45, 2.75) is 6.92 Å². The van der Waals surface area contributed by atoms with Crippen molar-refractivity contribution in [2.75, 3.05) is 13.7 Å².